The van der Waals surface area contributed by atoms with Gasteiger partial charge in [-0.05, 0) is 42.1 Å². The molecule has 0 aliphatic rings. The number of benzene rings is 1. The molecular weight excluding hydrogens is 176 g/mol. The predicted octanol–water partition coefficient (Wildman–Crippen LogP) is 1.03. The minimum absolute atomic E-state index is 0.0657. The summed E-state index contributed by atoms with van der Waals surface area (Å²) in [5.41, 5.74) is 7.48. The number of hydrogen-bond donors (Lipinski definition) is 2. The SMILES string of the molecule is NCCc1ccc2[nH]c(=O)ccc2c1. The molecule has 72 valence electrons. The fourth-order valence-corrected chi connectivity index (χ4v) is 1.53. The van der Waals surface area contributed by atoms with Gasteiger partial charge in [0.25, 0.3) is 0 Å². The maximum atomic E-state index is 11.0. The molecule has 2 aromatic rings. The summed E-state index contributed by atoms with van der Waals surface area (Å²) in [7, 11) is 0. The molecule has 0 amide bonds. The van der Waals surface area contributed by atoms with Crippen LogP contribution in [0.4, 0.5) is 0 Å². The molecule has 14 heavy (non-hydrogen) atoms. The van der Waals surface area contributed by atoms with E-state index in [1.54, 1.807) is 0 Å². The van der Waals surface area contributed by atoms with E-state index in [2.05, 4.69) is 11.1 Å². The van der Waals surface area contributed by atoms with Gasteiger partial charge in [0.2, 0.25) is 5.56 Å². The van der Waals surface area contributed by atoms with Gasteiger partial charge < -0.3 is 10.7 Å². The van der Waals surface area contributed by atoms with Gasteiger partial charge >= 0.3 is 0 Å². The molecule has 0 saturated heterocycles. The second-order valence-electron chi connectivity index (χ2n) is 3.28. The van der Waals surface area contributed by atoms with Crippen LogP contribution in [0.3, 0.4) is 0 Å². The van der Waals surface area contributed by atoms with Crippen LogP contribution in [-0.4, -0.2) is 11.5 Å². The van der Waals surface area contributed by atoms with Gasteiger partial charge in [0, 0.05) is 11.6 Å². The number of aromatic nitrogens is 1. The minimum atomic E-state index is -0.0657. The second kappa shape index (κ2) is 3.64. The van der Waals surface area contributed by atoms with Crippen LogP contribution < -0.4 is 11.3 Å². The highest BCUT2D eigenvalue weighted by Gasteiger charge is 1.96. The lowest BCUT2D eigenvalue weighted by Gasteiger charge is -2.01. The molecule has 0 aliphatic heterocycles. The van der Waals surface area contributed by atoms with Crippen LogP contribution in [0.1, 0.15) is 5.56 Å². The van der Waals surface area contributed by atoms with E-state index in [-0.39, 0.29) is 5.56 Å². The Morgan fingerprint density at radius 3 is 2.86 bits per heavy atom. The summed E-state index contributed by atoms with van der Waals surface area (Å²) in [5, 5.41) is 1.05. The Morgan fingerprint density at radius 1 is 1.21 bits per heavy atom. The number of aromatic amines is 1. The van der Waals surface area contributed by atoms with E-state index in [0.29, 0.717) is 6.54 Å². The van der Waals surface area contributed by atoms with Gasteiger partial charge in [-0.15, -0.1) is 0 Å². The summed E-state index contributed by atoms with van der Waals surface area (Å²) in [4.78, 5) is 13.8. The molecular formula is C11H12N2O. The highest BCUT2D eigenvalue weighted by Crippen LogP contribution is 2.11. The maximum absolute atomic E-state index is 11.0. The van der Waals surface area contributed by atoms with Crippen molar-refractivity contribution in [1.29, 1.82) is 0 Å². The lowest BCUT2D eigenvalue weighted by atomic mass is 10.1. The Balaban J connectivity index is 2.56. The third kappa shape index (κ3) is 1.67. The second-order valence-corrected chi connectivity index (χ2v) is 3.28. The lowest BCUT2D eigenvalue weighted by molar-refractivity contribution is 0.970. The third-order valence-corrected chi connectivity index (χ3v) is 2.22. The third-order valence-electron chi connectivity index (χ3n) is 2.22. The molecule has 0 saturated carbocycles. The fraction of sp³-hybridized carbons (Fsp3) is 0.182. The van der Waals surface area contributed by atoms with Crippen LogP contribution in [0.2, 0.25) is 0 Å². The average molecular weight is 188 g/mol. The first kappa shape index (κ1) is 8.97. The molecule has 1 aromatic heterocycles. The molecule has 0 fully saturated rings. The van der Waals surface area contributed by atoms with Crippen LogP contribution >= 0.6 is 0 Å². The largest absolute Gasteiger partial charge is 0.330 e. The van der Waals surface area contributed by atoms with Crippen LogP contribution in [0.15, 0.2) is 35.1 Å². The standard InChI is InChI=1S/C11H12N2O/c12-6-5-8-1-3-10-9(7-8)2-4-11(14)13-10/h1-4,7H,5-6,12H2,(H,13,14). The van der Waals surface area contributed by atoms with Crippen molar-refractivity contribution in [1.82, 2.24) is 4.98 Å². The van der Waals surface area contributed by atoms with Gasteiger partial charge in [-0.2, -0.15) is 0 Å². The van der Waals surface area contributed by atoms with Gasteiger partial charge in [0.15, 0.2) is 0 Å². The number of rotatable bonds is 2. The Kier molecular flexibility index (Phi) is 2.33. The number of hydrogen-bond acceptors (Lipinski definition) is 2. The smallest absolute Gasteiger partial charge is 0.248 e. The number of nitrogens with two attached hydrogens (primary N) is 1. The molecule has 3 heteroatoms. The molecule has 1 aromatic carbocycles. The lowest BCUT2D eigenvalue weighted by Crippen LogP contribution is -2.04. The quantitative estimate of drug-likeness (QED) is 0.739. The summed E-state index contributed by atoms with van der Waals surface area (Å²) >= 11 is 0. The van der Waals surface area contributed by atoms with E-state index >= 15 is 0 Å². The van der Waals surface area contributed by atoms with Crippen molar-refractivity contribution in [3.63, 3.8) is 0 Å². The summed E-state index contributed by atoms with van der Waals surface area (Å²) in [5.74, 6) is 0. The summed E-state index contributed by atoms with van der Waals surface area (Å²) < 4.78 is 0. The van der Waals surface area contributed by atoms with Gasteiger partial charge in [0.1, 0.15) is 0 Å². The van der Waals surface area contributed by atoms with Gasteiger partial charge in [-0.1, -0.05) is 6.07 Å². The van der Waals surface area contributed by atoms with Crippen molar-refractivity contribution in [2.75, 3.05) is 6.54 Å². The fourth-order valence-electron chi connectivity index (χ4n) is 1.53. The predicted molar refractivity (Wildman–Crippen MR) is 57.3 cm³/mol. The van der Waals surface area contributed by atoms with E-state index in [4.69, 9.17) is 5.73 Å². The van der Waals surface area contributed by atoms with Crippen molar-refractivity contribution in [2.24, 2.45) is 5.73 Å². The molecule has 0 radical (unpaired) electrons. The molecule has 3 nitrogen and oxygen atoms in total. The van der Waals surface area contributed by atoms with Gasteiger partial charge in [-0.25, -0.2) is 0 Å². The van der Waals surface area contributed by atoms with Crippen LogP contribution in [0.5, 0.6) is 0 Å². The van der Waals surface area contributed by atoms with Crippen molar-refractivity contribution in [3.8, 4) is 0 Å². The average Bonchev–Trinajstić information content (AvgIpc) is 2.19. The van der Waals surface area contributed by atoms with Gasteiger partial charge in [0.05, 0.1) is 0 Å². The zero-order valence-corrected chi connectivity index (χ0v) is 7.79. The first-order chi connectivity index (χ1) is 6.79. The highest BCUT2D eigenvalue weighted by atomic mass is 16.1. The normalized spacial score (nSPS) is 10.6. The Morgan fingerprint density at radius 2 is 2.07 bits per heavy atom. The summed E-state index contributed by atoms with van der Waals surface area (Å²) in [6.07, 6.45) is 0.870. The zero-order chi connectivity index (χ0) is 9.97. The van der Waals surface area contributed by atoms with E-state index < -0.39 is 0 Å². The first-order valence-electron chi connectivity index (χ1n) is 4.61. The Hall–Kier alpha value is -1.61. The molecule has 0 aliphatic carbocycles. The molecule has 3 N–H and O–H groups in total. The Labute approximate surface area is 81.6 Å². The van der Waals surface area contributed by atoms with E-state index in [1.807, 2.05) is 18.2 Å². The first-order valence-corrected chi connectivity index (χ1v) is 4.61. The minimum Gasteiger partial charge on any atom is -0.330 e. The summed E-state index contributed by atoms with van der Waals surface area (Å²) in [6.45, 7) is 0.648. The van der Waals surface area contributed by atoms with Crippen molar-refractivity contribution >= 4 is 10.9 Å². The molecule has 1 heterocycles. The highest BCUT2D eigenvalue weighted by molar-refractivity contribution is 5.78. The molecule has 0 bridgehead atoms. The van der Waals surface area contributed by atoms with Crippen LogP contribution in [0, 0.1) is 0 Å². The van der Waals surface area contributed by atoms with Crippen molar-refractivity contribution < 1.29 is 0 Å². The summed E-state index contributed by atoms with van der Waals surface area (Å²) in [6, 6.07) is 9.33. The number of nitrogens with one attached hydrogen (secondary N) is 1. The number of fused-ring (bicyclic) bond motifs is 1. The molecule has 2 rings (SSSR count). The van der Waals surface area contributed by atoms with E-state index in [0.717, 1.165) is 17.3 Å². The van der Waals surface area contributed by atoms with Crippen LogP contribution in [-0.2, 0) is 6.42 Å². The maximum Gasteiger partial charge on any atom is 0.248 e. The topological polar surface area (TPSA) is 58.9 Å². The number of H-pyrrole nitrogens is 1. The zero-order valence-electron chi connectivity index (χ0n) is 7.79. The number of pyridine rings is 1. The molecule has 0 unspecified atom stereocenters. The Bertz CT molecular complexity index is 502. The van der Waals surface area contributed by atoms with E-state index in [9.17, 15) is 4.79 Å². The van der Waals surface area contributed by atoms with Crippen molar-refractivity contribution in [2.45, 2.75) is 6.42 Å². The van der Waals surface area contributed by atoms with Crippen molar-refractivity contribution in [3.05, 3.63) is 46.2 Å². The van der Waals surface area contributed by atoms with E-state index in [1.165, 1.54) is 11.6 Å². The molecule has 0 spiro atoms. The molecule has 0 atom stereocenters. The van der Waals surface area contributed by atoms with Gasteiger partial charge in [-0.3, -0.25) is 4.79 Å². The monoisotopic (exact) mass is 188 g/mol. The van der Waals surface area contributed by atoms with Crippen LogP contribution in [0.25, 0.3) is 10.9 Å².